The van der Waals surface area contributed by atoms with Crippen molar-refractivity contribution >= 4 is 5.91 Å². The molecule has 1 unspecified atom stereocenters. The lowest BCUT2D eigenvalue weighted by atomic mass is 9.90. The van der Waals surface area contributed by atoms with Gasteiger partial charge in [-0.15, -0.1) is 0 Å². The number of fused-ring (bicyclic) bond motifs is 1. The molecular formula is C13H17NO. The van der Waals surface area contributed by atoms with Gasteiger partial charge in [-0.25, -0.2) is 0 Å². The first-order valence-corrected chi connectivity index (χ1v) is 5.64. The van der Waals surface area contributed by atoms with Crippen LogP contribution in [-0.2, 0) is 6.54 Å². The molecule has 0 bridgehead atoms. The van der Waals surface area contributed by atoms with Crippen LogP contribution in [0.15, 0.2) is 18.2 Å². The molecule has 1 heterocycles. The summed E-state index contributed by atoms with van der Waals surface area (Å²) in [6, 6.07) is 6.06. The monoisotopic (exact) mass is 203 g/mol. The Hall–Kier alpha value is -1.31. The van der Waals surface area contributed by atoms with Crippen LogP contribution in [-0.4, -0.2) is 5.91 Å². The quantitative estimate of drug-likeness (QED) is 0.804. The number of nitrogens with one attached hydrogen (secondary N) is 1. The van der Waals surface area contributed by atoms with Gasteiger partial charge in [0.25, 0.3) is 5.91 Å². The van der Waals surface area contributed by atoms with Crippen LogP contribution in [0.4, 0.5) is 0 Å². The second-order valence-electron chi connectivity index (χ2n) is 4.25. The molecule has 0 saturated carbocycles. The zero-order valence-corrected chi connectivity index (χ0v) is 9.34. The van der Waals surface area contributed by atoms with Crippen LogP contribution >= 0.6 is 0 Å². The molecule has 1 aliphatic rings. The van der Waals surface area contributed by atoms with Crippen molar-refractivity contribution in [3.05, 3.63) is 34.9 Å². The Bertz CT molecular complexity index is 384. The zero-order chi connectivity index (χ0) is 10.8. The predicted molar refractivity (Wildman–Crippen MR) is 60.9 cm³/mol. The molecule has 2 rings (SSSR count). The Kier molecular flexibility index (Phi) is 2.76. The SMILES string of the molecule is CCCC(C)c1cccc2c1CNC2=O. The molecule has 2 nitrogen and oxygen atoms in total. The predicted octanol–water partition coefficient (Wildman–Crippen LogP) is 2.83. The first kappa shape index (κ1) is 10.2. The Morgan fingerprint density at radius 1 is 1.47 bits per heavy atom. The summed E-state index contributed by atoms with van der Waals surface area (Å²) in [6.45, 7) is 5.14. The van der Waals surface area contributed by atoms with E-state index in [0.29, 0.717) is 12.5 Å². The Balaban J connectivity index is 2.37. The molecule has 1 aromatic rings. The van der Waals surface area contributed by atoms with E-state index in [1.54, 1.807) is 0 Å². The maximum Gasteiger partial charge on any atom is 0.251 e. The van der Waals surface area contributed by atoms with E-state index in [9.17, 15) is 4.79 Å². The second-order valence-corrected chi connectivity index (χ2v) is 4.25. The second kappa shape index (κ2) is 4.05. The average Bonchev–Trinajstić information content (AvgIpc) is 2.61. The molecule has 1 aromatic carbocycles. The summed E-state index contributed by atoms with van der Waals surface area (Å²) in [5.74, 6) is 0.633. The number of hydrogen-bond donors (Lipinski definition) is 1. The normalized spacial score (nSPS) is 16.0. The van der Waals surface area contributed by atoms with Gasteiger partial charge in [0.15, 0.2) is 0 Å². The largest absolute Gasteiger partial charge is 0.348 e. The molecule has 1 atom stereocenters. The summed E-state index contributed by atoms with van der Waals surface area (Å²) in [4.78, 5) is 11.5. The van der Waals surface area contributed by atoms with Gasteiger partial charge in [0, 0.05) is 12.1 Å². The first-order chi connectivity index (χ1) is 7.24. The van der Waals surface area contributed by atoms with Gasteiger partial charge in [0.1, 0.15) is 0 Å². The summed E-state index contributed by atoms with van der Waals surface area (Å²) >= 11 is 0. The minimum atomic E-state index is 0.0792. The molecule has 0 aliphatic carbocycles. The number of benzene rings is 1. The Morgan fingerprint density at radius 3 is 3.00 bits per heavy atom. The minimum absolute atomic E-state index is 0.0792. The highest BCUT2D eigenvalue weighted by molar-refractivity contribution is 5.98. The molecule has 1 aliphatic heterocycles. The van der Waals surface area contributed by atoms with E-state index in [1.807, 2.05) is 12.1 Å². The Morgan fingerprint density at radius 2 is 2.27 bits per heavy atom. The van der Waals surface area contributed by atoms with Gasteiger partial charge in [0.05, 0.1) is 0 Å². The molecular weight excluding hydrogens is 186 g/mol. The van der Waals surface area contributed by atoms with Crippen LogP contribution in [0, 0.1) is 0 Å². The number of rotatable bonds is 3. The van der Waals surface area contributed by atoms with Crippen molar-refractivity contribution in [2.75, 3.05) is 0 Å². The highest BCUT2D eigenvalue weighted by Gasteiger charge is 2.22. The molecule has 0 fully saturated rings. The molecule has 0 saturated heterocycles. The van der Waals surface area contributed by atoms with Crippen LogP contribution in [0.3, 0.4) is 0 Å². The number of carbonyl (C=O) groups is 1. The van der Waals surface area contributed by atoms with Crippen molar-refractivity contribution < 1.29 is 4.79 Å². The number of amides is 1. The van der Waals surface area contributed by atoms with Gasteiger partial charge >= 0.3 is 0 Å². The van der Waals surface area contributed by atoms with Crippen LogP contribution in [0.2, 0.25) is 0 Å². The van der Waals surface area contributed by atoms with Crippen LogP contribution < -0.4 is 5.32 Å². The highest BCUT2D eigenvalue weighted by atomic mass is 16.1. The van der Waals surface area contributed by atoms with Crippen molar-refractivity contribution in [1.29, 1.82) is 0 Å². The Labute approximate surface area is 90.7 Å². The molecule has 0 aromatic heterocycles. The molecule has 0 radical (unpaired) electrons. The van der Waals surface area contributed by atoms with Gasteiger partial charge in [0.2, 0.25) is 0 Å². The lowest BCUT2D eigenvalue weighted by molar-refractivity contribution is 0.0966. The van der Waals surface area contributed by atoms with E-state index in [2.05, 4.69) is 25.2 Å². The third kappa shape index (κ3) is 1.76. The fourth-order valence-electron chi connectivity index (χ4n) is 2.33. The van der Waals surface area contributed by atoms with Crippen molar-refractivity contribution in [2.45, 2.75) is 39.2 Å². The van der Waals surface area contributed by atoms with E-state index in [4.69, 9.17) is 0 Å². The van der Waals surface area contributed by atoms with Gasteiger partial charge < -0.3 is 5.32 Å². The standard InChI is InChI=1S/C13H17NO/c1-3-5-9(2)10-6-4-7-11-12(10)8-14-13(11)15/h4,6-7,9H,3,5,8H2,1-2H3,(H,14,15). The van der Waals surface area contributed by atoms with Gasteiger partial charge in [-0.3, -0.25) is 4.79 Å². The molecule has 0 spiro atoms. The van der Waals surface area contributed by atoms with E-state index >= 15 is 0 Å². The lowest BCUT2D eigenvalue weighted by Gasteiger charge is -2.14. The smallest absolute Gasteiger partial charge is 0.251 e. The van der Waals surface area contributed by atoms with Crippen LogP contribution in [0.25, 0.3) is 0 Å². The maximum atomic E-state index is 11.5. The van der Waals surface area contributed by atoms with Gasteiger partial charge in [-0.1, -0.05) is 32.4 Å². The van der Waals surface area contributed by atoms with Gasteiger partial charge in [-0.05, 0) is 29.5 Å². The van der Waals surface area contributed by atoms with E-state index in [0.717, 1.165) is 5.56 Å². The maximum absolute atomic E-state index is 11.5. The fourth-order valence-corrected chi connectivity index (χ4v) is 2.33. The van der Waals surface area contributed by atoms with Gasteiger partial charge in [-0.2, -0.15) is 0 Å². The first-order valence-electron chi connectivity index (χ1n) is 5.64. The third-order valence-corrected chi connectivity index (χ3v) is 3.14. The molecule has 80 valence electrons. The minimum Gasteiger partial charge on any atom is -0.348 e. The summed E-state index contributed by atoms with van der Waals surface area (Å²) in [5.41, 5.74) is 3.42. The number of carbonyl (C=O) groups excluding carboxylic acids is 1. The summed E-state index contributed by atoms with van der Waals surface area (Å²) in [7, 11) is 0. The van der Waals surface area contributed by atoms with E-state index in [-0.39, 0.29) is 5.91 Å². The zero-order valence-electron chi connectivity index (χ0n) is 9.34. The summed E-state index contributed by atoms with van der Waals surface area (Å²) < 4.78 is 0. The van der Waals surface area contributed by atoms with E-state index < -0.39 is 0 Å². The molecule has 2 heteroatoms. The molecule has 15 heavy (non-hydrogen) atoms. The van der Waals surface area contributed by atoms with Crippen LogP contribution in [0.5, 0.6) is 0 Å². The fraction of sp³-hybridized carbons (Fsp3) is 0.462. The van der Waals surface area contributed by atoms with Crippen molar-refractivity contribution in [1.82, 2.24) is 5.32 Å². The molecule has 1 N–H and O–H groups in total. The summed E-state index contributed by atoms with van der Waals surface area (Å²) in [5, 5.41) is 2.88. The van der Waals surface area contributed by atoms with Crippen molar-refractivity contribution in [2.24, 2.45) is 0 Å². The van der Waals surface area contributed by atoms with Crippen molar-refractivity contribution in [3.8, 4) is 0 Å². The third-order valence-electron chi connectivity index (χ3n) is 3.14. The lowest BCUT2D eigenvalue weighted by Crippen LogP contribution is -2.12. The average molecular weight is 203 g/mol. The highest BCUT2D eigenvalue weighted by Crippen LogP contribution is 2.28. The molecule has 1 amide bonds. The van der Waals surface area contributed by atoms with E-state index in [1.165, 1.54) is 24.0 Å². The number of hydrogen-bond acceptors (Lipinski definition) is 1. The van der Waals surface area contributed by atoms with Crippen LogP contribution in [0.1, 0.15) is 54.1 Å². The van der Waals surface area contributed by atoms with Crippen molar-refractivity contribution in [3.63, 3.8) is 0 Å². The topological polar surface area (TPSA) is 29.1 Å². The summed E-state index contributed by atoms with van der Waals surface area (Å²) in [6.07, 6.45) is 2.37.